The molecule has 0 aromatic heterocycles. The summed E-state index contributed by atoms with van der Waals surface area (Å²) in [5.74, 6) is 0. The molecule has 0 amide bonds. The Morgan fingerprint density at radius 1 is 1.40 bits per heavy atom. The van der Waals surface area contributed by atoms with Gasteiger partial charge < -0.3 is 5.73 Å². The molecule has 0 saturated carbocycles. The highest BCUT2D eigenvalue weighted by Crippen LogP contribution is 2.13. The zero-order valence-electron chi connectivity index (χ0n) is 5.89. The van der Waals surface area contributed by atoms with Gasteiger partial charge in [-0.3, -0.25) is 0 Å². The fourth-order valence-electron chi connectivity index (χ4n) is 0.930. The molecule has 0 fully saturated rings. The van der Waals surface area contributed by atoms with Gasteiger partial charge in [0.25, 0.3) is 0 Å². The van der Waals surface area contributed by atoms with Gasteiger partial charge in [-0.2, -0.15) is 0 Å². The second-order valence-corrected chi connectivity index (χ2v) is 2.78. The maximum Gasteiger partial charge on any atom is 0.0411 e. The molecule has 0 atom stereocenters. The predicted octanol–water partition coefficient (Wildman–Crippen LogP) is 2.11. The van der Waals surface area contributed by atoms with Gasteiger partial charge in [-0.05, 0) is 30.2 Å². The van der Waals surface area contributed by atoms with Crippen molar-refractivity contribution in [3.8, 4) is 0 Å². The van der Waals surface area contributed by atoms with Crippen LogP contribution in [-0.4, -0.2) is 0 Å². The lowest BCUT2D eigenvalue weighted by atomic mass is 10.1. The van der Waals surface area contributed by atoms with Gasteiger partial charge in [-0.1, -0.05) is 17.7 Å². The van der Waals surface area contributed by atoms with E-state index in [0.717, 1.165) is 16.1 Å². The van der Waals surface area contributed by atoms with Crippen LogP contribution in [0.15, 0.2) is 18.2 Å². The first kappa shape index (κ1) is 7.58. The molecule has 54 valence electrons. The third-order valence-electron chi connectivity index (χ3n) is 1.34. The van der Waals surface area contributed by atoms with Crippen molar-refractivity contribution in [1.29, 1.82) is 0 Å². The molecule has 1 nitrogen and oxygen atoms in total. The second-order valence-electron chi connectivity index (χ2n) is 2.34. The fourth-order valence-corrected chi connectivity index (χ4v) is 1.24. The molecule has 0 spiro atoms. The molecule has 0 aliphatic heterocycles. The topological polar surface area (TPSA) is 26.0 Å². The standard InChI is InChI=1S/C8H10ClN/c1-6-2-7(5-10)4-8(9)3-6/h2-4H,5,10H2,1H3. The minimum absolute atomic E-state index is 0.557. The highest BCUT2D eigenvalue weighted by Gasteiger charge is 1.92. The van der Waals surface area contributed by atoms with Gasteiger partial charge in [0.1, 0.15) is 0 Å². The monoisotopic (exact) mass is 155 g/mol. The van der Waals surface area contributed by atoms with Crippen molar-refractivity contribution in [2.45, 2.75) is 13.5 Å². The summed E-state index contributed by atoms with van der Waals surface area (Å²) in [7, 11) is 0. The smallest absolute Gasteiger partial charge is 0.0411 e. The molecule has 1 aromatic carbocycles. The van der Waals surface area contributed by atoms with E-state index in [4.69, 9.17) is 17.3 Å². The average Bonchev–Trinajstić information content (AvgIpc) is 1.85. The van der Waals surface area contributed by atoms with Crippen molar-refractivity contribution >= 4 is 11.6 Å². The maximum absolute atomic E-state index is 5.77. The normalized spacial score (nSPS) is 9.90. The van der Waals surface area contributed by atoms with Crippen LogP contribution in [0.25, 0.3) is 0 Å². The average molecular weight is 156 g/mol. The Morgan fingerprint density at radius 3 is 2.60 bits per heavy atom. The van der Waals surface area contributed by atoms with Crippen LogP contribution in [0.1, 0.15) is 11.1 Å². The molecule has 0 saturated heterocycles. The van der Waals surface area contributed by atoms with E-state index < -0.39 is 0 Å². The second kappa shape index (κ2) is 3.04. The first-order chi connectivity index (χ1) is 4.72. The highest BCUT2D eigenvalue weighted by molar-refractivity contribution is 6.30. The molecule has 2 N–H and O–H groups in total. The van der Waals surface area contributed by atoms with E-state index in [2.05, 4.69) is 0 Å². The van der Waals surface area contributed by atoms with Gasteiger partial charge in [0, 0.05) is 11.6 Å². The van der Waals surface area contributed by atoms with E-state index in [1.54, 1.807) is 0 Å². The Balaban J connectivity index is 3.06. The van der Waals surface area contributed by atoms with Gasteiger partial charge in [0.2, 0.25) is 0 Å². The van der Waals surface area contributed by atoms with E-state index in [1.165, 1.54) is 0 Å². The summed E-state index contributed by atoms with van der Waals surface area (Å²) in [5.41, 5.74) is 7.68. The van der Waals surface area contributed by atoms with Crippen molar-refractivity contribution in [1.82, 2.24) is 0 Å². The fraction of sp³-hybridized carbons (Fsp3) is 0.250. The lowest BCUT2D eigenvalue weighted by Crippen LogP contribution is -1.95. The van der Waals surface area contributed by atoms with Crippen molar-refractivity contribution in [2.24, 2.45) is 5.73 Å². The largest absolute Gasteiger partial charge is 0.326 e. The predicted molar refractivity (Wildman–Crippen MR) is 44.1 cm³/mol. The number of rotatable bonds is 1. The van der Waals surface area contributed by atoms with Crippen LogP contribution in [0.4, 0.5) is 0 Å². The molecule has 0 heterocycles. The summed E-state index contributed by atoms with van der Waals surface area (Å²) in [6, 6.07) is 5.83. The van der Waals surface area contributed by atoms with Crippen molar-refractivity contribution < 1.29 is 0 Å². The first-order valence-corrected chi connectivity index (χ1v) is 3.56. The number of hydrogen-bond donors (Lipinski definition) is 1. The van der Waals surface area contributed by atoms with Crippen LogP contribution in [0, 0.1) is 6.92 Å². The Morgan fingerprint density at radius 2 is 2.10 bits per heavy atom. The van der Waals surface area contributed by atoms with Crippen LogP contribution in [0.3, 0.4) is 0 Å². The minimum Gasteiger partial charge on any atom is -0.326 e. The Labute approximate surface area is 65.8 Å². The molecule has 1 rings (SSSR count). The third kappa shape index (κ3) is 1.72. The number of benzene rings is 1. The molecule has 0 radical (unpaired) electrons. The molecule has 0 aliphatic carbocycles. The van der Waals surface area contributed by atoms with Crippen molar-refractivity contribution in [3.63, 3.8) is 0 Å². The zero-order chi connectivity index (χ0) is 7.56. The molecule has 1 aromatic rings. The van der Waals surface area contributed by atoms with Gasteiger partial charge >= 0.3 is 0 Å². The highest BCUT2D eigenvalue weighted by atomic mass is 35.5. The Bertz CT molecular complexity index is 212. The van der Waals surface area contributed by atoms with Crippen LogP contribution < -0.4 is 5.73 Å². The SMILES string of the molecule is Cc1cc(Cl)cc(CN)c1. The molecule has 2 heteroatoms. The number of halogens is 1. The molecule has 10 heavy (non-hydrogen) atoms. The summed E-state index contributed by atoms with van der Waals surface area (Å²) >= 11 is 5.77. The van der Waals surface area contributed by atoms with Crippen molar-refractivity contribution in [3.05, 3.63) is 34.3 Å². The number of nitrogens with two attached hydrogens (primary N) is 1. The molecule has 0 aliphatic rings. The van der Waals surface area contributed by atoms with E-state index in [9.17, 15) is 0 Å². The Hall–Kier alpha value is -0.530. The van der Waals surface area contributed by atoms with Gasteiger partial charge in [-0.15, -0.1) is 0 Å². The summed E-state index contributed by atoms with van der Waals surface area (Å²) in [5, 5.41) is 0.764. The van der Waals surface area contributed by atoms with Gasteiger partial charge in [0.15, 0.2) is 0 Å². The summed E-state index contributed by atoms with van der Waals surface area (Å²) in [6.45, 7) is 2.56. The number of aryl methyl sites for hydroxylation is 1. The van der Waals surface area contributed by atoms with Crippen molar-refractivity contribution in [2.75, 3.05) is 0 Å². The van der Waals surface area contributed by atoms with E-state index >= 15 is 0 Å². The van der Waals surface area contributed by atoms with Crippen LogP contribution >= 0.6 is 11.6 Å². The maximum atomic E-state index is 5.77. The van der Waals surface area contributed by atoms with Crippen LogP contribution in [0.2, 0.25) is 5.02 Å². The lowest BCUT2D eigenvalue weighted by molar-refractivity contribution is 1.07. The molecular formula is C8H10ClN. The first-order valence-electron chi connectivity index (χ1n) is 3.18. The molecule has 0 bridgehead atoms. The van der Waals surface area contributed by atoms with Crippen LogP contribution in [0.5, 0.6) is 0 Å². The van der Waals surface area contributed by atoms with E-state index in [0.29, 0.717) is 6.54 Å². The summed E-state index contributed by atoms with van der Waals surface area (Å²) in [4.78, 5) is 0. The van der Waals surface area contributed by atoms with E-state index in [-0.39, 0.29) is 0 Å². The quantitative estimate of drug-likeness (QED) is 0.661. The molecule has 0 unspecified atom stereocenters. The number of hydrogen-bond acceptors (Lipinski definition) is 1. The summed E-state index contributed by atoms with van der Waals surface area (Å²) < 4.78 is 0. The third-order valence-corrected chi connectivity index (χ3v) is 1.56. The van der Waals surface area contributed by atoms with E-state index in [1.807, 2.05) is 25.1 Å². The lowest BCUT2D eigenvalue weighted by Gasteiger charge is -1.98. The molecular weight excluding hydrogens is 146 g/mol. The van der Waals surface area contributed by atoms with Crippen LogP contribution in [-0.2, 0) is 6.54 Å². The van der Waals surface area contributed by atoms with Gasteiger partial charge in [0.05, 0.1) is 0 Å². The Kier molecular flexibility index (Phi) is 2.30. The summed E-state index contributed by atoms with van der Waals surface area (Å²) in [6.07, 6.45) is 0. The zero-order valence-corrected chi connectivity index (χ0v) is 6.65. The van der Waals surface area contributed by atoms with Gasteiger partial charge in [-0.25, -0.2) is 0 Å². The minimum atomic E-state index is 0.557.